The van der Waals surface area contributed by atoms with Crippen molar-refractivity contribution in [2.24, 2.45) is 5.16 Å². The highest BCUT2D eigenvalue weighted by molar-refractivity contribution is 6.03. The van der Waals surface area contributed by atoms with Gasteiger partial charge in [-0.2, -0.15) is 22.0 Å². The summed E-state index contributed by atoms with van der Waals surface area (Å²) in [5.41, 5.74) is -2.00. The summed E-state index contributed by atoms with van der Waals surface area (Å²) >= 11 is 0. The molecule has 0 saturated heterocycles. The van der Waals surface area contributed by atoms with Crippen molar-refractivity contribution in [3.63, 3.8) is 0 Å². The van der Waals surface area contributed by atoms with Crippen molar-refractivity contribution < 1.29 is 36.7 Å². The van der Waals surface area contributed by atoms with Gasteiger partial charge in [-0.3, -0.25) is 4.79 Å². The largest absolute Gasteiger partial charge is 0.466 e. The molecular formula is C7H8F5NO3. The second kappa shape index (κ2) is 5.08. The zero-order valence-electron chi connectivity index (χ0n) is 8.01. The van der Waals surface area contributed by atoms with Crippen molar-refractivity contribution in [1.29, 1.82) is 0 Å². The zero-order chi connectivity index (χ0) is 13.0. The molecule has 4 nitrogen and oxygen atoms in total. The first-order chi connectivity index (χ1) is 7.16. The Balaban J connectivity index is 4.83. The molecule has 0 rings (SSSR count). The van der Waals surface area contributed by atoms with Crippen LogP contribution in [-0.4, -0.2) is 35.6 Å². The van der Waals surface area contributed by atoms with Gasteiger partial charge in [0.05, 0.1) is 13.0 Å². The zero-order valence-corrected chi connectivity index (χ0v) is 8.01. The molecule has 0 radical (unpaired) electrons. The van der Waals surface area contributed by atoms with Crippen molar-refractivity contribution in [2.45, 2.75) is 25.4 Å². The Kier molecular flexibility index (Phi) is 4.63. The molecule has 0 aromatic rings. The van der Waals surface area contributed by atoms with E-state index in [0.29, 0.717) is 0 Å². The molecule has 16 heavy (non-hydrogen) atoms. The first-order valence-electron chi connectivity index (χ1n) is 3.98. The molecule has 0 heterocycles. The molecule has 0 aromatic heterocycles. The maximum absolute atomic E-state index is 12.6. The average molecular weight is 249 g/mol. The highest BCUT2D eigenvalue weighted by atomic mass is 19.4. The molecule has 0 bridgehead atoms. The lowest BCUT2D eigenvalue weighted by molar-refractivity contribution is -0.250. The van der Waals surface area contributed by atoms with Gasteiger partial charge < -0.3 is 9.94 Å². The van der Waals surface area contributed by atoms with Gasteiger partial charge >= 0.3 is 18.1 Å². The number of esters is 1. The monoisotopic (exact) mass is 249 g/mol. The lowest BCUT2D eigenvalue weighted by Crippen LogP contribution is -2.45. The minimum atomic E-state index is -5.93. The van der Waals surface area contributed by atoms with Crippen molar-refractivity contribution in [2.75, 3.05) is 6.61 Å². The molecule has 0 atom stereocenters. The van der Waals surface area contributed by atoms with Crippen LogP contribution in [0, 0.1) is 0 Å². The first kappa shape index (κ1) is 14.6. The Morgan fingerprint density at radius 2 is 1.81 bits per heavy atom. The molecule has 0 saturated carbocycles. The number of ether oxygens (including phenoxy) is 1. The second-order valence-electron chi connectivity index (χ2n) is 2.60. The number of rotatable bonds is 4. The van der Waals surface area contributed by atoms with Crippen LogP contribution in [0.1, 0.15) is 13.3 Å². The van der Waals surface area contributed by atoms with Gasteiger partial charge in [-0.05, 0) is 6.92 Å². The third-order valence-corrected chi connectivity index (χ3v) is 1.46. The molecule has 0 aliphatic heterocycles. The van der Waals surface area contributed by atoms with Gasteiger partial charge in [-0.1, -0.05) is 5.16 Å². The van der Waals surface area contributed by atoms with Gasteiger partial charge in [0.25, 0.3) is 0 Å². The van der Waals surface area contributed by atoms with Crippen molar-refractivity contribution >= 4 is 11.7 Å². The summed E-state index contributed by atoms with van der Waals surface area (Å²) in [5.74, 6) is -6.70. The average Bonchev–Trinajstić information content (AvgIpc) is 2.12. The van der Waals surface area contributed by atoms with Gasteiger partial charge in [0.2, 0.25) is 0 Å². The molecular weight excluding hydrogens is 241 g/mol. The predicted molar refractivity (Wildman–Crippen MR) is 41.5 cm³/mol. The summed E-state index contributed by atoms with van der Waals surface area (Å²) in [6, 6.07) is 0. The van der Waals surface area contributed by atoms with Crippen molar-refractivity contribution in [3.05, 3.63) is 0 Å². The minimum absolute atomic E-state index is 0.185. The minimum Gasteiger partial charge on any atom is -0.466 e. The van der Waals surface area contributed by atoms with Crippen molar-refractivity contribution in [3.8, 4) is 0 Å². The molecule has 0 unspecified atom stereocenters. The van der Waals surface area contributed by atoms with Crippen LogP contribution in [0.15, 0.2) is 5.16 Å². The maximum atomic E-state index is 12.6. The fourth-order valence-corrected chi connectivity index (χ4v) is 0.722. The Hall–Kier alpha value is -1.41. The Labute approximate surface area is 86.7 Å². The summed E-state index contributed by atoms with van der Waals surface area (Å²) in [5, 5.41) is 9.84. The number of hydrogen-bond acceptors (Lipinski definition) is 4. The van der Waals surface area contributed by atoms with E-state index in [2.05, 4.69) is 4.74 Å². The van der Waals surface area contributed by atoms with Crippen LogP contribution in [0.5, 0.6) is 0 Å². The highest BCUT2D eigenvalue weighted by Crippen LogP contribution is 2.37. The molecule has 0 aliphatic carbocycles. The Bertz CT molecular complexity index is 286. The Morgan fingerprint density at radius 3 is 2.12 bits per heavy atom. The molecule has 0 fully saturated rings. The number of alkyl halides is 5. The van der Waals surface area contributed by atoms with E-state index in [4.69, 9.17) is 5.21 Å². The van der Waals surface area contributed by atoms with Crippen LogP contribution in [0.4, 0.5) is 22.0 Å². The van der Waals surface area contributed by atoms with Gasteiger partial charge in [-0.25, -0.2) is 0 Å². The quantitative estimate of drug-likeness (QED) is 0.272. The topological polar surface area (TPSA) is 58.9 Å². The van der Waals surface area contributed by atoms with E-state index >= 15 is 0 Å². The molecule has 1 N–H and O–H groups in total. The summed E-state index contributed by atoms with van der Waals surface area (Å²) in [7, 11) is 0. The fourth-order valence-electron chi connectivity index (χ4n) is 0.722. The number of nitrogens with zero attached hydrogens (tertiary/aromatic N) is 1. The normalized spacial score (nSPS) is 13.8. The van der Waals surface area contributed by atoms with E-state index in [1.54, 1.807) is 5.16 Å². The SMILES string of the molecule is CCOC(=O)CC(=NO)C(F)(F)C(F)(F)F. The lowest BCUT2D eigenvalue weighted by atomic mass is 10.1. The third kappa shape index (κ3) is 3.31. The first-order valence-corrected chi connectivity index (χ1v) is 3.98. The van der Waals surface area contributed by atoms with E-state index in [1.807, 2.05) is 0 Å². The summed E-state index contributed by atoms with van der Waals surface area (Å²) in [6.45, 7) is 1.16. The molecule has 0 aliphatic rings. The Morgan fingerprint density at radius 1 is 1.31 bits per heavy atom. The number of oxime groups is 1. The van der Waals surface area contributed by atoms with Gasteiger partial charge in [-0.15, -0.1) is 0 Å². The number of carbonyl (C=O) groups is 1. The van der Waals surface area contributed by atoms with Crippen LogP contribution < -0.4 is 0 Å². The van der Waals surface area contributed by atoms with Crippen LogP contribution >= 0.6 is 0 Å². The molecule has 94 valence electrons. The van der Waals surface area contributed by atoms with Gasteiger partial charge in [0.15, 0.2) is 0 Å². The van der Waals surface area contributed by atoms with E-state index in [9.17, 15) is 26.7 Å². The molecule has 0 amide bonds. The number of halogens is 5. The van der Waals surface area contributed by atoms with E-state index < -0.39 is 30.2 Å². The molecule has 0 spiro atoms. The fraction of sp³-hybridized carbons (Fsp3) is 0.714. The van der Waals surface area contributed by atoms with Crippen LogP contribution in [0.3, 0.4) is 0 Å². The standard InChI is InChI=1S/C7H8F5NO3/c1-2-16-5(14)3-4(13-15)6(8,9)7(10,11)12/h15H,2-3H2,1H3. The smallest absolute Gasteiger partial charge is 0.459 e. The third-order valence-electron chi connectivity index (χ3n) is 1.46. The maximum Gasteiger partial charge on any atom is 0.459 e. The highest BCUT2D eigenvalue weighted by Gasteiger charge is 2.61. The van der Waals surface area contributed by atoms with E-state index in [-0.39, 0.29) is 6.61 Å². The summed E-state index contributed by atoms with van der Waals surface area (Å²) < 4.78 is 64.7. The van der Waals surface area contributed by atoms with Gasteiger partial charge in [0.1, 0.15) is 5.71 Å². The van der Waals surface area contributed by atoms with Gasteiger partial charge in [0, 0.05) is 0 Å². The predicted octanol–water partition coefficient (Wildman–Crippen LogP) is 1.97. The lowest BCUT2D eigenvalue weighted by Gasteiger charge is -2.19. The van der Waals surface area contributed by atoms with E-state index in [0.717, 1.165) is 0 Å². The summed E-state index contributed by atoms with van der Waals surface area (Å²) in [4.78, 5) is 10.7. The van der Waals surface area contributed by atoms with Crippen LogP contribution in [-0.2, 0) is 9.53 Å². The van der Waals surface area contributed by atoms with Crippen molar-refractivity contribution in [1.82, 2.24) is 0 Å². The summed E-state index contributed by atoms with van der Waals surface area (Å²) in [6.07, 6.45) is -7.36. The molecule has 0 aromatic carbocycles. The van der Waals surface area contributed by atoms with E-state index in [1.165, 1.54) is 6.92 Å². The molecule has 9 heteroatoms. The van der Waals surface area contributed by atoms with Crippen LogP contribution in [0.25, 0.3) is 0 Å². The van der Waals surface area contributed by atoms with Crippen LogP contribution in [0.2, 0.25) is 0 Å². The number of hydrogen-bond donors (Lipinski definition) is 1. The second-order valence-corrected chi connectivity index (χ2v) is 2.60. The number of carbonyl (C=O) groups excluding carboxylic acids is 1.